The molecule has 7 nitrogen and oxygen atoms in total. The number of halogens is 3. The Balaban J connectivity index is 0.00000363. The van der Waals surface area contributed by atoms with Crippen LogP contribution in [0.15, 0.2) is 29.3 Å². The van der Waals surface area contributed by atoms with E-state index in [9.17, 15) is 8.78 Å². The van der Waals surface area contributed by atoms with Crippen molar-refractivity contribution < 1.29 is 13.5 Å². The zero-order valence-corrected chi connectivity index (χ0v) is 21.4. The van der Waals surface area contributed by atoms with Crippen LogP contribution in [-0.2, 0) is 13.6 Å². The number of hydrogen-bond donors (Lipinski definition) is 2. The number of hydrogen-bond acceptors (Lipinski definition) is 4. The summed E-state index contributed by atoms with van der Waals surface area (Å²) in [6.45, 7) is 6.39. The minimum atomic E-state index is -2.81. The highest BCUT2D eigenvalue weighted by atomic mass is 127. The van der Waals surface area contributed by atoms with Crippen LogP contribution in [0.2, 0.25) is 0 Å². The van der Waals surface area contributed by atoms with Crippen molar-refractivity contribution >= 4 is 35.6 Å². The van der Waals surface area contributed by atoms with Crippen molar-refractivity contribution in [2.24, 2.45) is 12.0 Å². The smallest absolute Gasteiger partial charge is 0.387 e. The van der Waals surface area contributed by atoms with E-state index in [2.05, 4.69) is 32.3 Å². The van der Waals surface area contributed by atoms with Crippen LogP contribution in [0.4, 0.5) is 14.5 Å². The second-order valence-electron chi connectivity index (χ2n) is 7.77. The summed E-state index contributed by atoms with van der Waals surface area (Å²) in [5, 5.41) is 11.4. The number of ether oxygens (including phenoxy) is 1. The van der Waals surface area contributed by atoms with Crippen LogP contribution >= 0.6 is 24.0 Å². The van der Waals surface area contributed by atoms with Crippen LogP contribution < -0.4 is 20.3 Å². The van der Waals surface area contributed by atoms with Gasteiger partial charge < -0.3 is 20.3 Å². The largest absolute Gasteiger partial charge is 0.435 e. The van der Waals surface area contributed by atoms with Crippen molar-refractivity contribution in [1.82, 2.24) is 20.4 Å². The highest BCUT2D eigenvalue weighted by Gasteiger charge is 2.21. The lowest BCUT2D eigenvalue weighted by Gasteiger charge is -2.35. The average molecular weight is 562 g/mol. The number of rotatable bonds is 7. The average Bonchev–Trinajstić information content (AvgIpc) is 2.98. The SMILES string of the molecule is CCNC(=NCc1c(C)nn(C)c1C)NC1CCCN(c2ccc(OC(F)F)cc2)C1.I. The first-order chi connectivity index (χ1) is 14.9. The molecule has 1 aliphatic heterocycles. The van der Waals surface area contributed by atoms with E-state index < -0.39 is 6.61 Å². The molecule has 0 amide bonds. The summed E-state index contributed by atoms with van der Waals surface area (Å²) in [6.07, 6.45) is 2.08. The number of aromatic nitrogens is 2. The van der Waals surface area contributed by atoms with E-state index in [0.29, 0.717) is 6.54 Å². The standard InChI is InChI=1S/C22H32F2N6O.HI/c1-5-25-22(26-13-20-15(2)28-29(4)16(20)3)27-17-7-6-12-30(14-17)18-8-10-19(11-9-18)31-21(23)24;/h8-11,17,21H,5-7,12-14H2,1-4H3,(H2,25,26,27);1H. The number of anilines is 1. The maximum Gasteiger partial charge on any atom is 0.387 e. The predicted molar refractivity (Wildman–Crippen MR) is 134 cm³/mol. The van der Waals surface area contributed by atoms with Crippen LogP contribution in [0, 0.1) is 13.8 Å². The fourth-order valence-electron chi connectivity index (χ4n) is 3.89. The third-order valence-electron chi connectivity index (χ3n) is 5.59. The molecule has 178 valence electrons. The summed E-state index contributed by atoms with van der Waals surface area (Å²) in [5.41, 5.74) is 4.27. The van der Waals surface area contributed by atoms with E-state index in [0.717, 1.165) is 61.1 Å². The lowest BCUT2D eigenvalue weighted by Crippen LogP contribution is -2.51. The molecule has 0 spiro atoms. The molecule has 0 saturated carbocycles. The van der Waals surface area contributed by atoms with Crippen molar-refractivity contribution in [2.75, 3.05) is 24.5 Å². The van der Waals surface area contributed by atoms with Crippen molar-refractivity contribution in [3.8, 4) is 5.75 Å². The molecule has 1 aromatic carbocycles. The summed E-state index contributed by atoms with van der Waals surface area (Å²) in [7, 11) is 1.95. The van der Waals surface area contributed by atoms with Gasteiger partial charge in [0.15, 0.2) is 5.96 Å². The van der Waals surface area contributed by atoms with Crippen LogP contribution in [0.5, 0.6) is 5.75 Å². The van der Waals surface area contributed by atoms with Crippen LogP contribution in [0.25, 0.3) is 0 Å². The Labute approximate surface area is 205 Å². The summed E-state index contributed by atoms with van der Waals surface area (Å²) >= 11 is 0. The number of nitrogens with zero attached hydrogens (tertiary/aromatic N) is 4. The van der Waals surface area contributed by atoms with Gasteiger partial charge in [0.1, 0.15) is 5.75 Å². The van der Waals surface area contributed by atoms with Crippen LogP contribution in [0.3, 0.4) is 0 Å². The molecule has 2 N–H and O–H groups in total. The predicted octanol–water partition coefficient (Wildman–Crippen LogP) is 3.98. The Bertz CT molecular complexity index is 887. The summed E-state index contributed by atoms with van der Waals surface area (Å²) < 4.78 is 31.1. The Hall–Kier alpha value is -2.11. The van der Waals surface area contributed by atoms with Gasteiger partial charge >= 0.3 is 6.61 Å². The van der Waals surface area contributed by atoms with Gasteiger partial charge in [0.2, 0.25) is 0 Å². The second-order valence-corrected chi connectivity index (χ2v) is 7.77. The third-order valence-corrected chi connectivity index (χ3v) is 5.59. The first-order valence-electron chi connectivity index (χ1n) is 10.7. The molecule has 1 atom stereocenters. The minimum Gasteiger partial charge on any atom is -0.435 e. The van der Waals surface area contributed by atoms with Crippen molar-refractivity contribution in [3.05, 3.63) is 41.2 Å². The molecule has 10 heteroatoms. The van der Waals surface area contributed by atoms with Crippen LogP contribution in [0.1, 0.15) is 36.7 Å². The lowest BCUT2D eigenvalue weighted by atomic mass is 10.0. The number of aryl methyl sites for hydroxylation is 2. The number of piperidine rings is 1. The third kappa shape index (κ3) is 6.94. The van der Waals surface area contributed by atoms with Gasteiger partial charge in [-0.2, -0.15) is 13.9 Å². The Morgan fingerprint density at radius 3 is 2.59 bits per heavy atom. The van der Waals surface area contributed by atoms with Crippen molar-refractivity contribution in [2.45, 2.75) is 52.8 Å². The van der Waals surface area contributed by atoms with E-state index in [1.54, 1.807) is 12.1 Å². The number of alkyl halides is 2. The molecular formula is C22H33F2IN6O. The maximum absolute atomic E-state index is 12.4. The van der Waals surface area contributed by atoms with E-state index in [-0.39, 0.29) is 35.8 Å². The van der Waals surface area contributed by atoms with E-state index >= 15 is 0 Å². The van der Waals surface area contributed by atoms with E-state index in [1.807, 2.05) is 37.7 Å². The molecule has 2 aromatic rings. The minimum absolute atomic E-state index is 0. The first-order valence-corrected chi connectivity index (χ1v) is 10.7. The molecule has 2 heterocycles. The quantitative estimate of drug-likeness (QED) is 0.304. The number of aliphatic imine (C=N–C) groups is 1. The first kappa shape index (κ1) is 26.1. The topological polar surface area (TPSA) is 66.7 Å². The highest BCUT2D eigenvalue weighted by Crippen LogP contribution is 2.24. The molecular weight excluding hydrogens is 529 g/mol. The van der Waals surface area contributed by atoms with Gasteiger partial charge in [0, 0.05) is 49.7 Å². The molecule has 1 unspecified atom stereocenters. The van der Waals surface area contributed by atoms with Crippen molar-refractivity contribution in [1.29, 1.82) is 0 Å². The number of guanidine groups is 1. The molecule has 3 rings (SSSR count). The fourth-order valence-corrected chi connectivity index (χ4v) is 3.89. The molecule has 0 radical (unpaired) electrons. The van der Waals surface area contributed by atoms with E-state index in [1.165, 1.54) is 0 Å². The Morgan fingerprint density at radius 1 is 1.28 bits per heavy atom. The highest BCUT2D eigenvalue weighted by molar-refractivity contribution is 14.0. The van der Waals surface area contributed by atoms with E-state index in [4.69, 9.17) is 4.99 Å². The Morgan fingerprint density at radius 2 is 2.00 bits per heavy atom. The molecule has 1 fully saturated rings. The molecule has 0 aliphatic carbocycles. The van der Waals surface area contributed by atoms with Gasteiger partial charge in [0.05, 0.1) is 12.2 Å². The monoisotopic (exact) mass is 562 g/mol. The summed E-state index contributed by atoms with van der Waals surface area (Å²) in [4.78, 5) is 7.04. The van der Waals surface area contributed by atoms with Crippen LogP contribution in [-0.4, -0.2) is 48.0 Å². The number of nitrogens with one attached hydrogen (secondary N) is 2. The van der Waals surface area contributed by atoms with Crippen molar-refractivity contribution in [3.63, 3.8) is 0 Å². The summed E-state index contributed by atoms with van der Waals surface area (Å²) in [6, 6.07) is 7.06. The van der Waals surface area contributed by atoms with Gasteiger partial charge in [-0.1, -0.05) is 0 Å². The summed E-state index contributed by atoms with van der Waals surface area (Å²) in [5.74, 6) is 0.964. The maximum atomic E-state index is 12.4. The Kier molecular flexibility index (Phi) is 9.98. The van der Waals surface area contributed by atoms with Gasteiger partial charge in [-0.05, 0) is 57.9 Å². The molecule has 32 heavy (non-hydrogen) atoms. The second kappa shape index (κ2) is 12.2. The molecule has 0 bridgehead atoms. The van der Waals surface area contributed by atoms with Gasteiger partial charge in [-0.25, -0.2) is 4.99 Å². The normalized spacial score (nSPS) is 16.7. The fraction of sp³-hybridized carbons (Fsp3) is 0.545. The zero-order chi connectivity index (χ0) is 22.4. The van der Waals surface area contributed by atoms with Gasteiger partial charge in [-0.3, -0.25) is 4.68 Å². The number of benzene rings is 1. The molecule has 1 saturated heterocycles. The van der Waals surface area contributed by atoms with Gasteiger partial charge in [-0.15, -0.1) is 24.0 Å². The lowest BCUT2D eigenvalue weighted by molar-refractivity contribution is -0.0498. The van der Waals surface area contributed by atoms with Gasteiger partial charge in [0.25, 0.3) is 0 Å². The zero-order valence-electron chi connectivity index (χ0n) is 19.1. The molecule has 1 aliphatic rings. The molecule has 1 aromatic heterocycles.